The molecule has 8 heteroatoms. The van der Waals surface area contributed by atoms with Crippen LogP contribution in [0.3, 0.4) is 0 Å². The second kappa shape index (κ2) is 5.86. The second-order valence-corrected chi connectivity index (χ2v) is 3.58. The number of rotatable bonds is 3. The molecule has 0 fully saturated rings. The molecule has 0 saturated heterocycles. The molecule has 3 nitrogen and oxygen atoms in total. The first-order valence-corrected chi connectivity index (χ1v) is 5.33. The lowest BCUT2D eigenvalue weighted by molar-refractivity contribution is -0.139. The Morgan fingerprint density at radius 1 is 1.40 bits per heavy atom. The molecule has 1 aromatic rings. The molecule has 0 unspecified atom stereocenters. The van der Waals surface area contributed by atoms with Gasteiger partial charge in [0.25, 0.3) is 6.43 Å². The van der Waals surface area contributed by atoms with Gasteiger partial charge in [-0.15, -0.1) is 0 Å². The Kier molecular flexibility index (Phi) is 4.65. The van der Waals surface area contributed by atoms with Gasteiger partial charge < -0.3 is 4.74 Å². The van der Waals surface area contributed by atoms with Crippen molar-refractivity contribution in [3.8, 4) is 6.07 Å². The maximum Gasteiger partial charge on any atom is 0.416 e. The van der Waals surface area contributed by atoms with Crippen LogP contribution in [0.5, 0.6) is 0 Å². The van der Waals surface area contributed by atoms with Gasteiger partial charge in [0, 0.05) is 5.56 Å². The molecule has 0 radical (unpaired) electrons. The zero-order valence-corrected chi connectivity index (χ0v) is 10.1. The minimum atomic E-state index is -5.05. The number of esters is 1. The van der Waals surface area contributed by atoms with Crippen molar-refractivity contribution in [1.82, 2.24) is 0 Å². The Morgan fingerprint density at radius 2 is 2.00 bits per heavy atom. The van der Waals surface area contributed by atoms with Gasteiger partial charge in [-0.25, -0.2) is 13.6 Å². The zero-order chi connectivity index (χ0) is 15.5. The molecule has 0 N–H and O–H groups in total. The lowest BCUT2D eigenvalue weighted by atomic mass is 9.96. The maximum absolute atomic E-state index is 12.8. The highest BCUT2D eigenvalue weighted by Crippen LogP contribution is 2.39. The van der Waals surface area contributed by atoms with E-state index in [4.69, 9.17) is 5.26 Å². The normalized spacial score (nSPS) is 11.3. The van der Waals surface area contributed by atoms with Crippen molar-refractivity contribution in [3.63, 3.8) is 0 Å². The summed E-state index contributed by atoms with van der Waals surface area (Å²) in [5, 5.41) is 8.80. The SMILES string of the molecule is CCOC(=O)c1ccc(C(F)(F)F)c(C(F)F)c1C#N. The Labute approximate surface area is 110 Å². The highest BCUT2D eigenvalue weighted by Gasteiger charge is 2.38. The van der Waals surface area contributed by atoms with Crippen LogP contribution >= 0.6 is 0 Å². The number of nitriles is 1. The van der Waals surface area contributed by atoms with Gasteiger partial charge in [0.05, 0.1) is 23.3 Å². The first-order valence-electron chi connectivity index (χ1n) is 5.33. The number of alkyl halides is 5. The summed E-state index contributed by atoms with van der Waals surface area (Å²) in [7, 11) is 0. The average molecular weight is 293 g/mol. The van der Waals surface area contributed by atoms with Gasteiger partial charge >= 0.3 is 12.1 Å². The van der Waals surface area contributed by atoms with Crippen LogP contribution in [0, 0.1) is 11.3 Å². The molecule has 0 aliphatic heterocycles. The van der Waals surface area contributed by atoms with Crippen molar-refractivity contribution in [1.29, 1.82) is 5.26 Å². The topological polar surface area (TPSA) is 50.1 Å². The molecule has 20 heavy (non-hydrogen) atoms. The van der Waals surface area contributed by atoms with Crippen molar-refractivity contribution >= 4 is 5.97 Å². The van der Waals surface area contributed by atoms with Gasteiger partial charge in [-0.3, -0.25) is 0 Å². The third-order valence-electron chi connectivity index (χ3n) is 2.38. The number of hydrogen-bond donors (Lipinski definition) is 0. The fourth-order valence-corrected chi connectivity index (χ4v) is 1.59. The molecule has 1 aromatic carbocycles. The van der Waals surface area contributed by atoms with Crippen molar-refractivity contribution in [2.75, 3.05) is 6.61 Å². The molecular weight excluding hydrogens is 285 g/mol. The van der Waals surface area contributed by atoms with Gasteiger partial charge in [0.1, 0.15) is 6.07 Å². The molecular formula is C12H8F5NO2. The third kappa shape index (κ3) is 3.04. The predicted octanol–water partition coefficient (Wildman–Crippen LogP) is 3.69. The van der Waals surface area contributed by atoms with Crippen molar-refractivity contribution in [2.24, 2.45) is 0 Å². The zero-order valence-electron chi connectivity index (χ0n) is 10.1. The van der Waals surface area contributed by atoms with Gasteiger partial charge in [0.2, 0.25) is 0 Å². The molecule has 0 aromatic heterocycles. The minimum absolute atomic E-state index is 0.102. The summed E-state index contributed by atoms with van der Waals surface area (Å²) in [6, 6.07) is 2.22. The van der Waals surface area contributed by atoms with E-state index in [0.29, 0.717) is 12.1 Å². The average Bonchev–Trinajstić information content (AvgIpc) is 2.35. The number of ether oxygens (including phenoxy) is 1. The Bertz CT molecular complexity index is 560. The number of benzene rings is 1. The number of carbonyl (C=O) groups excluding carboxylic acids is 1. The monoisotopic (exact) mass is 293 g/mol. The summed E-state index contributed by atoms with van der Waals surface area (Å²) in [4.78, 5) is 11.5. The molecule has 108 valence electrons. The van der Waals surface area contributed by atoms with Gasteiger partial charge in [-0.05, 0) is 19.1 Å². The second-order valence-electron chi connectivity index (χ2n) is 3.58. The van der Waals surface area contributed by atoms with Gasteiger partial charge in [-0.1, -0.05) is 0 Å². The van der Waals surface area contributed by atoms with Crippen LogP contribution in [0.2, 0.25) is 0 Å². The van der Waals surface area contributed by atoms with Crippen molar-refractivity contribution in [3.05, 3.63) is 34.4 Å². The summed E-state index contributed by atoms with van der Waals surface area (Å²) in [6.45, 7) is 1.33. The Hall–Kier alpha value is -2.17. The molecule has 0 heterocycles. The fraction of sp³-hybridized carbons (Fsp3) is 0.333. The van der Waals surface area contributed by atoms with Crippen LogP contribution in [-0.4, -0.2) is 12.6 Å². The van der Waals surface area contributed by atoms with E-state index in [2.05, 4.69) is 4.74 Å². The van der Waals surface area contributed by atoms with Crippen molar-refractivity contribution < 1.29 is 31.5 Å². The number of halogens is 5. The van der Waals surface area contributed by atoms with Crippen LogP contribution in [-0.2, 0) is 10.9 Å². The molecule has 0 atom stereocenters. The molecule has 1 rings (SSSR count). The summed E-state index contributed by atoms with van der Waals surface area (Å²) >= 11 is 0. The quantitative estimate of drug-likeness (QED) is 0.631. The van der Waals surface area contributed by atoms with Gasteiger partial charge in [-0.2, -0.15) is 18.4 Å². The Morgan fingerprint density at radius 3 is 2.40 bits per heavy atom. The summed E-state index contributed by atoms with van der Waals surface area (Å²) < 4.78 is 68.1. The molecule has 0 saturated carbocycles. The van der Waals surface area contributed by atoms with E-state index in [0.717, 1.165) is 0 Å². The van der Waals surface area contributed by atoms with E-state index < -0.39 is 40.8 Å². The number of nitrogens with zero attached hydrogens (tertiary/aromatic N) is 1. The molecule has 0 spiro atoms. The summed E-state index contributed by atoms with van der Waals surface area (Å²) in [5.41, 5.74) is -4.78. The molecule has 0 amide bonds. The molecule has 0 bridgehead atoms. The highest BCUT2D eigenvalue weighted by atomic mass is 19.4. The minimum Gasteiger partial charge on any atom is -0.462 e. The lowest BCUT2D eigenvalue weighted by Gasteiger charge is -2.15. The highest BCUT2D eigenvalue weighted by molar-refractivity contribution is 5.93. The maximum atomic E-state index is 12.8. The fourth-order valence-electron chi connectivity index (χ4n) is 1.59. The standard InChI is InChI=1S/C12H8F5NO2/c1-2-20-11(19)6-3-4-8(12(15,16)17)9(10(13)14)7(6)5-18/h3-4,10H,2H2,1H3. The summed E-state index contributed by atoms with van der Waals surface area (Å²) in [6.07, 6.45) is -8.60. The largest absolute Gasteiger partial charge is 0.462 e. The van der Waals surface area contributed by atoms with Crippen LogP contribution in [0.4, 0.5) is 22.0 Å². The van der Waals surface area contributed by atoms with Crippen LogP contribution in [0.25, 0.3) is 0 Å². The predicted molar refractivity (Wildman–Crippen MR) is 57.1 cm³/mol. The van der Waals surface area contributed by atoms with Crippen molar-refractivity contribution in [2.45, 2.75) is 19.5 Å². The van der Waals surface area contributed by atoms with E-state index >= 15 is 0 Å². The first-order chi connectivity index (χ1) is 9.23. The first kappa shape index (κ1) is 15.9. The van der Waals surface area contributed by atoms with Crippen LogP contribution in [0.15, 0.2) is 12.1 Å². The molecule has 0 aliphatic carbocycles. The van der Waals surface area contributed by atoms with E-state index in [1.165, 1.54) is 13.0 Å². The third-order valence-corrected chi connectivity index (χ3v) is 2.38. The number of carbonyl (C=O) groups is 1. The van der Waals surface area contributed by atoms with Gasteiger partial charge in [0.15, 0.2) is 0 Å². The van der Waals surface area contributed by atoms with Crippen LogP contribution in [0.1, 0.15) is 40.4 Å². The van der Waals surface area contributed by atoms with E-state index in [-0.39, 0.29) is 6.61 Å². The summed E-state index contributed by atoms with van der Waals surface area (Å²) in [5.74, 6) is -1.13. The van der Waals surface area contributed by atoms with E-state index in [1.54, 1.807) is 0 Å². The number of hydrogen-bond acceptors (Lipinski definition) is 3. The smallest absolute Gasteiger partial charge is 0.416 e. The molecule has 0 aliphatic rings. The Balaban J connectivity index is 3.60. The van der Waals surface area contributed by atoms with E-state index in [9.17, 15) is 26.7 Å². The van der Waals surface area contributed by atoms with Crippen LogP contribution < -0.4 is 0 Å². The van der Waals surface area contributed by atoms with E-state index in [1.807, 2.05) is 0 Å². The lowest BCUT2D eigenvalue weighted by Crippen LogP contribution is -2.15.